The molecule has 2 aromatic rings. The fourth-order valence-corrected chi connectivity index (χ4v) is 2.00. The Bertz CT molecular complexity index is 739. The van der Waals surface area contributed by atoms with Crippen molar-refractivity contribution in [1.29, 1.82) is 0 Å². The van der Waals surface area contributed by atoms with Crippen molar-refractivity contribution in [2.24, 2.45) is 0 Å². The highest BCUT2D eigenvalue weighted by molar-refractivity contribution is 6.06. The summed E-state index contributed by atoms with van der Waals surface area (Å²) in [4.78, 5) is 12.1. The molecule has 0 fully saturated rings. The molecule has 0 aliphatic rings. The fraction of sp³-hybridized carbons (Fsp3) is 0.294. The van der Waals surface area contributed by atoms with Crippen molar-refractivity contribution in [3.63, 3.8) is 0 Å². The Kier molecular flexibility index (Phi) is 5.68. The van der Waals surface area contributed by atoms with Crippen molar-refractivity contribution in [2.75, 3.05) is 7.11 Å². The number of halogens is 2. The average Bonchev–Trinajstić information content (AvgIpc) is 3.02. The zero-order valence-corrected chi connectivity index (χ0v) is 13.6. The third-order valence-corrected chi connectivity index (χ3v) is 3.25. The van der Waals surface area contributed by atoms with Crippen LogP contribution in [0.2, 0.25) is 0 Å². The van der Waals surface area contributed by atoms with Gasteiger partial charge in [0.25, 0.3) is 0 Å². The summed E-state index contributed by atoms with van der Waals surface area (Å²) in [7, 11) is 1.36. The zero-order chi connectivity index (χ0) is 17.7. The van der Waals surface area contributed by atoms with Crippen LogP contribution in [0.1, 0.15) is 35.8 Å². The van der Waals surface area contributed by atoms with Gasteiger partial charge in [-0.2, -0.15) is 13.9 Å². The number of hydrogen-bond donors (Lipinski definition) is 0. The van der Waals surface area contributed by atoms with Crippen LogP contribution in [0, 0.1) is 0 Å². The van der Waals surface area contributed by atoms with Crippen molar-refractivity contribution in [2.45, 2.75) is 26.5 Å². The fourth-order valence-electron chi connectivity index (χ4n) is 2.00. The number of aromatic nitrogens is 2. The predicted octanol–water partition coefficient (Wildman–Crippen LogP) is 3.97. The summed E-state index contributed by atoms with van der Waals surface area (Å²) in [5.74, 6) is -0.124. The van der Waals surface area contributed by atoms with E-state index < -0.39 is 6.61 Å². The highest BCUT2D eigenvalue weighted by Crippen LogP contribution is 2.30. The minimum atomic E-state index is -2.96. The second-order valence-corrected chi connectivity index (χ2v) is 5.29. The lowest BCUT2D eigenvalue weighted by Crippen LogP contribution is -2.03. The smallest absolute Gasteiger partial charge is 0.387 e. The van der Waals surface area contributed by atoms with E-state index in [1.54, 1.807) is 16.9 Å². The first kappa shape index (κ1) is 17.7. The number of carbonyl (C=O) groups is 1. The number of rotatable bonds is 7. The quantitative estimate of drug-likeness (QED) is 0.567. The Hall–Kier alpha value is -2.70. The molecular weight excluding hydrogens is 318 g/mol. The van der Waals surface area contributed by atoms with Crippen LogP contribution in [0.5, 0.6) is 11.5 Å². The maximum Gasteiger partial charge on any atom is 0.387 e. The number of ketones is 1. The number of allylic oxidation sites excluding steroid dienone is 1. The molecule has 24 heavy (non-hydrogen) atoms. The van der Waals surface area contributed by atoms with Gasteiger partial charge in [0.2, 0.25) is 0 Å². The van der Waals surface area contributed by atoms with Gasteiger partial charge in [0, 0.05) is 12.2 Å². The lowest BCUT2D eigenvalue weighted by molar-refractivity contribution is -0.0512. The van der Waals surface area contributed by atoms with Gasteiger partial charge in [-0.25, -0.2) is 0 Å². The van der Waals surface area contributed by atoms with Crippen molar-refractivity contribution in [3.05, 3.63) is 47.8 Å². The molecule has 2 rings (SSSR count). The lowest BCUT2D eigenvalue weighted by Gasteiger charge is -2.10. The van der Waals surface area contributed by atoms with Gasteiger partial charge in [-0.1, -0.05) is 12.1 Å². The van der Waals surface area contributed by atoms with E-state index in [9.17, 15) is 13.6 Å². The monoisotopic (exact) mass is 336 g/mol. The molecule has 0 aliphatic carbocycles. The van der Waals surface area contributed by atoms with Crippen LogP contribution in [0.4, 0.5) is 8.78 Å². The number of hydrogen-bond acceptors (Lipinski definition) is 4. The standard InChI is InChI=1S/C17H18F2N2O3/c1-11(2)21-10-13(9-20-21)14(22)6-4-12-5-7-15(23-3)16(8-12)24-17(18)19/h4-11,17H,1-3H3/b6-4+. The SMILES string of the molecule is COc1ccc(/C=C/C(=O)c2cnn(C(C)C)c2)cc1OC(F)F. The first-order chi connectivity index (χ1) is 11.4. The van der Waals surface area contributed by atoms with Crippen LogP contribution < -0.4 is 9.47 Å². The van der Waals surface area contributed by atoms with Crippen molar-refractivity contribution < 1.29 is 23.0 Å². The first-order valence-electron chi connectivity index (χ1n) is 7.30. The van der Waals surface area contributed by atoms with Crippen molar-refractivity contribution in [3.8, 4) is 11.5 Å². The summed E-state index contributed by atoms with van der Waals surface area (Å²) in [5, 5.41) is 4.10. The Morgan fingerprint density at radius 2 is 2.04 bits per heavy atom. The topological polar surface area (TPSA) is 53.3 Å². The molecule has 0 radical (unpaired) electrons. The molecule has 0 saturated carbocycles. The Labute approximate surface area is 138 Å². The molecular formula is C17H18F2N2O3. The molecule has 7 heteroatoms. The van der Waals surface area contributed by atoms with Gasteiger partial charge in [0.05, 0.1) is 18.9 Å². The molecule has 0 unspecified atom stereocenters. The number of ether oxygens (including phenoxy) is 2. The largest absolute Gasteiger partial charge is 0.493 e. The van der Waals surface area contributed by atoms with Crippen LogP contribution in [0.3, 0.4) is 0 Å². The summed E-state index contributed by atoms with van der Waals surface area (Å²) in [6, 6.07) is 4.68. The van der Waals surface area contributed by atoms with Gasteiger partial charge < -0.3 is 9.47 Å². The zero-order valence-electron chi connectivity index (χ0n) is 13.6. The Morgan fingerprint density at radius 3 is 2.62 bits per heavy atom. The molecule has 128 valence electrons. The molecule has 0 bridgehead atoms. The summed E-state index contributed by atoms with van der Waals surface area (Å²) in [6.07, 6.45) is 6.03. The van der Waals surface area contributed by atoms with Gasteiger partial charge in [-0.15, -0.1) is 0 Å². The summed E-state index contributed by atoms with van der Waals surface area (Å²) in [6.45, 7) is 0.958. The van der Waals surface area contributed by atoms with Crippen LogP contribution in [-0.4, -0.2) is 29.3 Å². The summed E-state index contributed by atoms with van der Waals surface area (Å²) >= 11 is 0. The van der Waals surface area contributed by atoms with Gasteiger partial charge in [-0.05, 0) is 37.6 Å². The lowest BCUT2D eigenvalue weighted by atomic mass is 10.1. The second kappa shape index (κ2) is 7.72. The maximum absolute atomic E-state index is 12.4. The molecule has 0 atom stereocenters. The van der Waals surface area contributed by atoms with Crippen molar-refractivity contribution >= 4 is 11.9 Å². The van der Waals surface area contributed by atoms with Gasteiger partial charge in [0.1, 0.15) is 0 Å². The molecule has 0 spiro atoms. The number of nitrogens with zero attached hydrogens (tertiary/aromatic N) is 2. The Morgan fingerprint density at radius 1 is 1.29 bits per heavy atom. The maximum atomic E-state index is 12.4. The number of benzene rings is 1. The predicted molar refractivity (Wildman–Crippen MR) is 85.6 cm³/mol. The van der Waals surface area contributed by atoms with E-state index >= 15 is 0 Å². The number of methoxy groups -OCH3 is 1. The summed E-state index contributed by atoms with van der Waals surface area (Å²) in [5.41, 5.74) is 0.994. The van der Waals surface area contributed by atoms with E-state index in [-0.39, 0.29) is 23.3 Å². The highest BCUT2D eigenvalue weighted by atomic mass is 19.3. The van der Waals surface area contributed by atoms with Crippen LogP contribution in [0.25, 0.3) is 6.08 Å². The van der Waals surface area contributed by atoms with E-state index in [0.29, 0.717) is 11.1 Å². The van der Waals surface area contributed by atoms with E-state index in [4.69, 9.17) is 4.74 Å². The number of alkyl halides is 2. The molecule has 0 saturated heterocycles. The average molecular weight is 336 g/mol. The molecule has 1 heterocycles. The van der Waals surface area contributed by atoms with Crippen LogP contribution in [0.15, 0.2) is 36.7 Å². The third-order valence-electron chi connectivity index (χ3n) is 3.25. The third kappa shape index (κ3) is 4.41. The molecule has 0 aliphatic heterocycles. The molecule has 1 aromatic heterocycles. The van der Waals surface area contributed by atoms with Gasteiger partial charge in [0.15, 0.2) is 17.3 Å². The van der Waals surface area contributed by atoms with Gasteiger partial charge >= 0.3 is 6.61 Å². The highest BCUT2D eigenvalue weighted by Gasteiger charge is 2.11. The Balaban J connectivity index is 2.16. The van der Waals surface area contributed by atoms with E-state index in [1.807, 2.05) is 13.8 Å². The minimum absolute atomic E-state index is 0.0882. The molecule has 1 aromatic carbocycles. The second-order valence-electron chi connectivity index (χ2n) is 5.29. The first-order valence-corrected chi connectivity index (χ1v) is 7.30. The number of carbonyl (C=O) groups excluding carboxylic acids is 1. The van der Waals surface area contributed by atoms with Crippen molar-refractivity contribution in [1.82, 2.24) is 9.78 Å². The van der Waals surface area contributed by atoms with E-state index in [0.717, 1.165) is 0 Å². The summed E-state index contributed by atoms with van der Waals surface area (Å²) < 4.78 is 35.9. The van der Waals surface area contributed by atoms with E-state index in [2.05, 4.69) is 9.84 Å². The normalized spacial score (nSPS) is 11.5. The van der Waals surface area contributed by atoms with Gasteiger partial charge in [-0.3, -0.25) is 9.48 Å². The van der Waals surface area contributed by atoms with Crippen LogP contribution in [-0.2, 0) is 0 Å². The minimum Gasteiger partial charge on any atom is -0.493 e. The molecule has 0 amide bonds. The van der Waals surface area contributed by atoms with Crippen LogP contribution >= 0.6 is 0 Å². The molecule has 5 nitrogen and oxygen atoms in total. The van der Waals surface area contributed by atoms with E-state index in [1.165, 1.54) is 37.6 Å². The molecule has 0 N–H and O–H groups in total.